The van der Waals surface area contributed by atoms with Gasteiger partial charge in [-0.2, -0.15) is 0 Å². The summed E-state index contributed by atoms with van der Waals surface area (Å²) >= 11 is 0. The zero-order valence-electron chi connectivity index (χ0n) is 23.3. The van der Waals surface area contributed by atoms with Crippen LogP contribution in [0.1, 0.15) is 39.0 Å². The third-order valence-corrected chi connectivity index (χ3v) is 8.10. The molecule has 3 fully saturated rings. The molecule has 40 heavy (non-hydrogen) atoms. The van der Waals surface area contributed by atoms with Gasteiger partial charge in [0.2, 0.25) is 5.91 Å². The molecule has 2 saturated carbocycles. The summed E-state index contributed by atoms with van der Waals surface area (Å²) in [5.41, 5.74) is 10.5. The number of likely N-dealkylation sites (N-methyl/N-ethyl adjacent to an activating group) is 1. The Hall–Kier alpha value is -1.43. The second-order valence-electron chi connectivity index (χ2n) is 11.6. The van der Waals surface area contributed by atoms with Gasteiger partial charge in [-0.05, 0) is 58.2 Å². The molecule has 0 aromatic carbocycles. The zero-order valence-corrected chi connectivity index (χ0v) is 23.3. The molecule has 11 N–H and O–H groups in total. The van der Waals surface area contributed by atoms with Crippen LogP contribution in [0.25, 0.3) is 0 Å². The maximum Gasteiger partial charge on any atom is 0.250 e. The molecule has 11 atom stereocenters. The average molecular weight is 574 g/mol. The molecule has 0 radical (unpaired) electrons. The molecule has 2 aliphatic heterocycles. The first-order valence-electron chi connectivity index (χ1n) is 14.2. The maximum absolute atomic E-state index is 12.5. The molecule has 1 saturated heterocycles. The fourth-order valence-corrected chi connectivity index (χ4v) is 5.61. The molecule has 2 heterocycles. The summed E-state index contributed by atoms with van der Waals surface area (Å²) in [5.74, 6) is 0.766. The third kappa shape index (κ3) is 7.69. The predicted molar refractivity (Wildman–Crippen MR) is 142 cm³/mol. The zero-order chi connectivity index (χ0) is 29.0. The molecule has 14 nitrogen and oxygen atoms in total. The quantitative estimate of drug-likeness (QED) is 0.112. The molecule has 0 spiro atoms. The highest BCUT2D eigenvalue weighted by molar-refractivity contribution is 5.81. The lowest BCUT2D eigenvalue weighted by Crippen LogP contribution is -2.69. The Morgan fingerprint density at radius 3 is 2.65 bits per heavy atom. The van der Waals surface area contributed by atoms with E-state index >= 15 is 0 Å². The molecule has 4 rings (SSSR count). The minimum atomic E-state index is -1.46. The Labute approximate surface area is 234 Å². The number of hydrogen-bond donors (Lipinski definition) is 9. The van der Waals surface area contributed by atoms with Crippen LogP contribution in [-0.2, 0) is 23.7 Å². The van der Waals surface area contributed by atoms with E-state index in [0.29, 0.717) is 13.0 Å². The second-order valence-corrected chi connectivity index (χ2v) is 11.6. The van der Waals surface area contributed by atoms with E-state index in [1.165, 1.54) is 19.8 Å². The molecule has 4 aliphatic rings. The number of aliphatic hydroxyl groups is 4. The van der Waals surface area contributed by atoms with E-state index in [4.69, 9.17) is 30.4 Å². The van der Waals surface area contributed by atoms with Gasteiger partial charge in [0, 0.05) is 19.0 Å². The minimum absolute atomic E-state index is 0.129. The highest BCUT2D eigenvalue weighted by Gasteiger charge is 2.51. The number of nitrogens with two attached hydrogens (primary N) is 2. The average Bonchev–Trinajstić information content (AvgIpc) is 3.74. The number of nitrogens with one attached hydrogen (secondary N) is 3. The smallest absolute Gasteiger partial charge is 0.250 e. The van der Waals surface area contributed by atoms with Crippen molar-refractivity contribution < 1.29 is 44.2 Å². The van der Waals surface area contributed by atoms with Crippen molar-refractivity contribution in [3.63, 3.8) is 0 Å². The highest BCUT2D eigenvalue weighted by Crippen LogP contribution is 2.32. The van der Waals surface area contributed by atoms with Crippen molar-refractivity contribution in [2.75, 3.05) is 33.3 Å². The number of hydrogen-bond acceptors (Lipinski definition) is 13. The van der Waals surface area contributed by atoms with Crippen LogP contribution in [0.5, 0.6) is 0 Å². The molecule has 230 valence electrons. The normalized spacial score (nSPS) is 41.1. The van der Waals surface area contributed by atoms with Crippen molar-refractivity contribution in [2.24, 2.45) is 17.4 Å². The molecule has 0 aromatic heterocycles. The van der Waals surface area contributed by atoms with Crippen LogP contribution in [-0.4, -0.2) is 126 Å². The van der Waals surface area contributed by atoms with E-state index in [1.807, 2.05) is 6.08 Å². The Morgan fingerprint density at radius 1 is 1.23 bits per heavy atom. The Bertz CT molecular complexity index is 876. The first-order valence-corrected chi connectivity index (χ1v) is 14.2. The van der Waals surface area contributed by atoms with E-state index < -0.39 is 72.7 Å². The van der Waals surface area contributed by atoms with Gasteiger partial charge in [-0.1, -0.05) is 0 Å². The number of carbonyl (C=O) groups excluding carboxylic acids is 1. The van der Waals surface area contributed by atoms with Gasteiger partial charge >= 0.3 is 0 Å². The summed E-state index contributed by atoms with van der Waals surface area (Å²) in [6.07, 6.45) is -2.11. The van der Waals surface area contributed by atoms with Crippen molar-refractivity contribution >= 4 is 5.91 Å². The molecule has 2 aliphatic carbocycles. The van der Waals surface area contributed by atoms with Gasteiger partial charge in [0.15, 0.2) is 12.6 Å². The Balaban J connectivity index is 1.45. The van der Waals surface area contributed by atoms with Crippen molar-refractivity contribution in [3.05, 3.63) is 11.8 Å². The summed E-state index contributed by atoms with van der Waals surface area (Å²) in [6.45, 7) is 2.62. The van der Waals surface area contributed by atoms with Crippen LogP contribution in [0.2, 0.25) is 0 Å². The predicted octanol–water partition coefficient (Wildman–Crippen LogP) is -3.27. The lowest BCUT2D eigenvalue weighted by molar-refractivity contribution is -0.303. The highest BCUT2D eigenvalue weighted by atomic mass is 16.7. The van der Waals surface area contributed by atoms with E-state index in [0.717, 1.165) is 24.6 Å². The largest absolute Gasteiger partial charge is 0.468 e. The SMILES string of the molecule is CN[C@@H]1[C@@H](O)[C@@H](O[C@@H]2[C@@H](O)[C@H](O[C@@H]3CCC=C(CNCC4CC4)O3)[C@@H](N)C[C@H]2NC(=O)[C@H](O)CN)OC[C@]1(C)O. The number of rotatable bonds is 12. The third-order valence-electron chi connectivity index (χ3n) is 8.10. The van der Waals surface area contributed by atoms with Gasteiger partial charge in [0.05, 0.1) is 25.2 Å². The summed E-state index contributed by atoms with van der Waals surface area (Å²) < 4.78 is 23.9. The summed E-state index contributed by atoms with van der Waals surface area (Å²) in [6, 6.07) is -2.37. The molecule has 0 bridgehead atoms. The minimum Gasteiger partial charge on any atom is -0.468 e. The van der Waals surface area contributed by atoms with Gasteiger partial charge in [0.1, 0.15) is 41.9 Å². The van der Waals surface area contributed by atoms with Crippen LogP contribution >= 0.6 is 0 Å². The van der Waals surface area contributed by atoms with Gasteiger partial charge in [-0.15, -0.1) is 0 Å². The standard InChI is InChI=1S/C26H47N5O9/c1-26(36)12-37-25(20(34)23(26)29-2)40-22-16(31-24(35)17(32)9-27)8-15(28)21(19(22)33)39-18-5-3-4-14(38-18)11-30-10-13-6-7-13/h4,13,15-23,25,29-30,32-34,36H,3,5-12,27-28H2,1-2H3,(H,31,35)/t15-,16+,17+,18+,19-,20+,21+,22-,23+,25+,26-/m0/s1. The number of allylic oxidation sites excluding steroid dienone is 1. The first kappa shape index (κ1) is 31.5. The lowest BCUT2D eigenvalue weighted by Gasteiger charge is -2.48. The number of carbonyl (C=O) groups is 1. The van der Waals surface area contributed by atoms with Crippen molar-refractivity contribution in [1.82, 2.24) is 16.0 Å². The molecular formula is C26H47N5O9. The van der Waals surface area contributed by atoms with E-state index in [2.05, 4.69) is 16.0 Å². The van der Waals surface area contributed by atoms with Crippen molar-refractivity contribution in [3.8, 4) is 0 Å². The molecule has 1 amide bonds. The van der Waals surface area contributed by atoms with Crippen LogP contribution < -0.4 is 27.4 Å². The summed E-state index contributed by atoms with van der Waals surface area (Å²) in [4.78, 5) is 12.5. The van der Waals surface area contributed by atoms with E-state index in [-0.39, 0.29) is 19.6 Å². The van der Waals surface area contributed by atoms with Crippen LogP contribution in [0, 0.1) is 5.92 Å². The van der Waals surface area contributed by atoms with Crippen molar-refractivity contribution in [2.45, 2.75) is 106 Å². The monoisotopic (exact) mass is 573 g/mol. The van der Waals surface area contributed by atoms with Crippen LogP contribution in [0.4, 0.5) is 0 Å². The van der Waals surface area contributed by atoms with E-state index in [9.17, 15) is 25.2 Å². The van der Waals surface area contributed by atoms with Gasteiger partial charge in [0.25, 0.3) is 0 Å². The second kappa shape index (κ2) is 13.7. The molecule has 0 aromatic rings. The Kier molecular flexibility index (Phi) is 10.8. The van der Waals surface area contributed by atoms with Crippen LogP contribution in [0.3, 0.4) is 0 Å². The summed E-state index contributed by atoms with van der Waals surface area (Å²) in [7, 11) is 1.59. The van der Waals surface area contributed by atoms with Gasteiger partial charge < -0.3 is 66.8 Å². The number of ether oxygens (including phenoxy) is 4. The fourth-order valence-electron chi connectivity index (χ4n) is 5.61. The molecule has 14 heteroatoms. The molecule has 0 unspecified atom stereocenters. The van der Waals surface area contributed by atoms with Gasteiger partial charge in [-0.3, -0.25) is 4.79 Å². The van der Waals surface area contributed by atoms with Crippen molar-refractivity contribution in [1.29, 1.82) is 0 Å². The first-order chi connectivity index (χ1) is 19.0. The van der Waals surface area contributed by atoms with E-state index in [1.54, 1.807) is 7.05 Å². The Morgan fingerprint density at radius 2 is 1.98 bits per heavy atom. The fraction of sp³-hybridized carbons (Fsp3) is 0.885. The van der Waals surface area contributed by atoms with Crippen LogP contribution in [0.15, 0.2) is 11.8 Å². The lowest BCUT2D eigenvalue weighted by atomic mass is 9.83. The number of aliphatic hydroxyl groups excluding tert-OH is 3. The topological polar surface area (TPSA) is 223 Å². The molecular weight excluding hydrogens is 526 g/mol. The summed E-state index contributed by atoms with van der Waals surface area (Å²) in [5, 5.41) is 51.8. The number of amides is 1. The maximum atomic E-state index is 12.5. The van der Waals surface area contributed by atoms with Gasteiger partial charge in [-0.25, -0.2) is 0 Å².